The van der Waals surface area contributed by atoms with Crippen molar-refractivity contribution in [2.45, 2.75) is 48.9 Å². The molecule has 4 nitrogen and oxygen atoms in total. The van der Waals surface area contributed by atoms with Gasteiger partial charge >= 0.3 is 36.0 Å². The highest BCUT2D eigenvalue weighted by Crippen LogP contribution is 2.49. The molecule has 2 aromatic carbocycles. The average Bonchev–Trinajstić information content (AvgIpc) is 3.24. The van der Waals surface area contributed by atoms with Crippen LogP contribution in [0.2, 0.25) is 0 Å². The Kier molecular flexibility index (Phi) is 8.28. The number of rotatable bonds is 10. The highest BCUT2D eigenvalue weighted by Gasteiger charge is 2.76. The van der Waals surface area contributed by atoms with Gasteiger partial charge in [-0.05, 0) is 24.3 Å². The SMILES string of the molecule is O=C(CC(=O)C(F)(F)C(F)(F)C(F)(F)F)c1ccc2sc3c(C(=O)CC(=O)C(F)(F)C(F)(F)C(F)(F)F)cccc3c2c1. The van der Waals surface area contributed by atoms with E-state index >= 15 is 0 Å². The minimum absolute atomic E-state index is 0.0550. The molecule has 0 saturated carbocycles. The number of hydrogen-bond donors (Lipinski definition) is 0. The van der Waals surface area contributed by atoms with Crippen molar-refractivity contribution in [3.8, 4) is 0 Å². The van der Waals surface area contributed by atoms with Crippen LogP contribution in [0, 0.1) is 0 Å². The van der Waals surface area contributed by atoms with Gasteiger partial charge in [0.1, 0.15) is 0 Å². The van der Waals surface area contributed by atoms with Crippen LogP contribution in [0.15, 0.2) is 36.4 Å². The zero-order valence-electron chi connectivity index (χ0n) is 20.2. The summed E-state index contributed by atoms with van der Waals surface area (Å²) in [6.45, 7) is 0. The van der Waals surface area contributed by atoms with Crippen LogP contribution in [-0.4, -0.2) is 59.2 Å². The van der Waals surface area contributed by atoms with Gasteiger partial charge in [0.2, 0.25) is 11.6 Å². The number of carbonyl (C=O) groups excluding carboxylic acids is 4. The van der Waals surface area contributed by atoms with Crippen molar-refractivity contribution in [1.29, 1.82) is 0 Å². The molecule has 0 radical (unpaired) electrons. The van der Waals surface area contributed by atoms with E-state index in [4.69, 9.17) is 0 Å². The van der Waals surface area contributed by atoms with E-state index in [1.54, 1.807) is 0 Å². The van der Waals surface area contributed by atoms with Crippen molar-refractivity contribution in [1.82, 2.24) is 0 Å². The Morgan fingerprint density at radius 2 is 1.05 bits per heavy atom. The van der Waals surface area contributed by atoms with Crippen molar-refractivity contribution in [3.05, 3.63) is 47.5 Å². The van der Waals surface area contributed by atoms with Crippen LogP contribution in [0.1, 0.15) is 33.6 Å². The second-order valence-electron chi connectivity index (χ2n) is 8.83. The van der Waals surface area contributed by atoms with Gasteiger partial charge in [-0.3, -0.25) is 19.2 Å². The van der Waals surface area contributed by atoms with Crippen LogP contribution < -0.4 is 0 Å². The topological polar surface area (TPSA) is 68.3 Å². The first-order valence-electron chi connectivity index (χ1n) is 11.0. The average molecular weight is 660 g/mol. The summed E-state index contributed by atoms with van der Waals surface area (Å²) in [5, 5.41) is -0.110. The van der Waals surface area contributed by atoms with Gasteiger partial charge in [-0.25, -0.2) is 0 Å². The molecule has 0 fully saturated rings. The lowest BCUT2D eigenvalue weighted by molar-refractivity contribution is -0.343. The Morgan fingerprint density at radius 1 is 0.581 bits per heavy atom. The molecule has 0 aliphatic rings. The molecule has 0 amide bonds. The summed E-state index contributed by atoms with van der Waals surface area (Å²) in [5.41, 5.74) is -1.28. The molecule has 1 aromatic heterocycles. The summed E-state index contributed by atoms with van der Waals surface area (Å²) in [4.78, 5) is 48.1. The van der Waals surface area contributed by atoms with Gasteiger partial charge < -0.3 is 0 Å². The lowest BCUT2D eigenvalue weighted by Gasteiger charge is -2.26. The number of fused-ring (bicyclic) bond motifs is 3. The van der Waals surface area contributed by atoms with Gasteiger partial charge in [-0.2, -0.15) is 61.5 Å². The van der Waals surface area contributed by atoms with E-state index in [0.29, 0.717) is 11.3 Å². The lowest BCUT2D eigenvalue weighted by Crippen LogP contribution is -2.56. The van der Waals surface area contributed by atoms with Gasteiger partial charge in [0.05, 0.1) is 12.8 Å². The van der Waals surface area contributed by atoms with E-state index in [1.807, 2.05) is 0 Å². The molecule has 43 heavy (non-hydrogen) atoms. The minimum Gasteiger partial charge on any atom is -0.294 e. The summed E-state index contributed by atoms with van der Waals surface area (Å²) >= 11 is 0.635. The number of halogens is 14. The smallest absolute Gasteiger partial charge is 0.294 e. The molecule has 0 aliphatic heterocycles. The zero-order valence-corrected chi connectivity index (χ0v) is 21.0. The molecule has 1 heterocycles. The fraction of sp³-hybridized carbons (Fsp3) is 0.333. The van der Waals surface area contributed by atoms with Gasteiger partial charge in [0.25, 0.3) is 0 Å². The largest absolute Gasteiger partial charge is 0.460 e. The molecule has 0 unspecified atom stereocenters. The van der Waals surface area contributed by atoms with E-state index in [-0.39, 0.29) is 20.2 Å². The number of benzene rings is 2. The zero-order chi connectivity index (χ0) is 33.1. The third-order valence-electron chi connectivity index (χ3n) is 5.96. The molecule has 0 aliphatic carbocycles. The molecule has 234 valence electrons. The summed E-state index contributed by atoms with van der Waals surface area (Å²) in [6, 6.07) is 5.83. The number of hydrogen-bond acceptors (Lipinski definition) is 5. The van der Waals surface area contributed by atoms with E-state index < -0.39 is 83.1 Å². The molecule has 3 rings (SSSR count). The number of alkyl halides is 14. The maximum absolute atomic E-state index is 13.7. The lowest BCUT2D eigenvalue weighted by atomic mass is 9.96. The second-order valence-corrected chi connectivity index (χ2v) is 9.89. The van der Waals surface area contributed by atoms with Crippen molar-refractivity contribution >= 4 is 54.6 Å². The number of thiophene rings is 1. The van der Waals surface area contributed by atoms with E-state index in [2.05, 4.69) is 0 Å². The van der Waals surface area contributed by atoms with Gasteiger partial charge in [0, 0.05) is 31.3 Å². The molecule has 0 spiro atoms. The summed E-state index contributed by atoms with van der Waals surface area (Å²) in [6.07, 6.45) is -17.9. The van der Waals surface area contributed by atoms with Crippen LogP contribution in [0.5, 0.6) is 0 Å². The van der Waals surface area contributed by atoms with Gasteiger partial charge in [-0.1, -0.05) is 12.1 Å². The third kappa shape index (κ3) is 5.58. The number of carbonyl (C=O) groups is 4. The fourth-order valence-corrected chi connectivity index (χ4v) is 4.82. The van der Waals surface area contributed by atoms with Crippen molar-refractivity contribution in [2.24, 2.45) is 0 Å². The summed E-state index contributed by atoms with van der Waals surface area (Å²) < 4.78 is 181. The van der Waals surface area contributed by atoms with Crippen LogP contribution in [0.4, 0.5) is 61.5 Å². The maximum Gasteiger partial charge on any atom is 0.460 e. The molecular formula is C24H10F14O4S. The van der Waals surface area contributed by atoms with Gasteiger partial charge in [0.15, 0.2) is 11.6 Å². The Balaban J connectivity index is 1.94. The molecule has 0 saturated heterocycles. The monoisotopic (exact) mass is 660 g/mol. The molecule has 0 atom stereocenters. The highest BCUT2D eigenvalue weighted by molar-refractivity contribution is 7.26. The van der Waals surface area contributed by atoms with Crippen LogP contribution in [0.3, 0.4) is 0 Å². The van der Waals surface area contributed by atoms with E-state index in [0.717, 1.165) is 30.3 Å². The number of Topliss-reactive ketones (excluding diaryl/α,β-unsaturated/α-hetero) is 4. The molecule has 0 bridgehead atoms. The first kappa shape index (κ1) is 33.9. The summed E-state index contributed by atoms with van der Waals surface area (Å²) in [5.74, 6) is -35.6. The third-order valence-corrected chi connectivity index (χ3v) is 7.18. The molecule has 3 aromatic rings. The Hall–Kier alpha value is -3.64. The van der Waals surface area contributed by atoms with E-state index in [1.165, 1.54) is 6.07 Å². The van der Waals surface area contributed by atoms with Crippen molar-refractivity contribution < 1.29 is 80.6 Å². The number of ketones is 4. The highest BCUT2D eigenvalue weighted by atomic mass is 32.1. The molecular weight excluding hydrogens is 650 g/mol. The predicted molar refractivity (Wildman–Crippen MR) is 119 cm³/mol. The first-order valence-corrected chi connectivity index (χ1v) is 11.8. The Bertz CT molecular complexity index is 1630. The van der Waals surface area contributed by atoms with Crippen molar-refractivity contribution in [2.75, 3.05) is 0 Å². The first-order chi connectivity index (χ1) is 19.3. The van der Waals surface area contributed by atoms with Crippen LogP contribution >= 0.6 is 11.3 Å². The summed E-state index contributed by atoms with van der Waals surface area (Å²) in [7, 11) is 0. The van der Waals surface area contributed by atoms with Crippen LogP contribution in [0.25, 0.3) is 20.2 Å². The van der Waals surface area contributed by atoms with E-state index in [9.17, 15) is 80.6 Å². The maximum atomic E-state index is 13.7. The van der Waals surface area contributed by atoms with Gasteiger partial charge in [-0.15, -0.1) is 11.3 Å². The Labute approximate surface area is 232 Å². The predicted octanol–water partition coefficient (Wildman–Crippen LogP) is 8.00. The van der Waals surface area contributed by atoms with Crippen molar-refractivity contribution in [3.63, 3.8) is 0 Å². The van der Waals surface area contributed by atoms with Crippen LogP contribution in [-0.2, 0) is 9.59 Å². The fourth-order valence-electron chi connectivity index (χ4n) is 3.61. The standard InChI is InChI=1S/C24H10F14O4S/c25-19(26,21(29,30)23(33,34)35)16(41)7-13(39)9-4-5-15-12(6-9)10-2-1-3-11(18(10)43-15)14(40)8-17(42)20(27,28)22(31,32)24(36,37)38/h1-6H,7-8H2. The molecule has 19 heteroatoms. The normalized spacial score (nSPS) is 13.9. The second kappa shape index (κ2) is 10.5. The Morgan fingerprint density at radius 3 is 1.51 bits per heavy atom. The quantitative estimate of drug-likeness (QED) is 0.126. The minimum atomic E-state index is -6.84. The molecule has 0 N–H and O–H groups in total.